The van der Waals surface area contributed by atoms with Gasteiger partial charge in [0.25, 0.3) is 0 Å². The molecular formula is C18H23ClN6O4S. The van der Waals surface area contributed by atoms with Crippen molar-refractivity contribution in [3.05, 3.63) is 22.5 Å². The number of nitriles is 1. The van der Waals surface area contributed by atoms with Crippen LogP contribution in [0.2, 0.25) is 5.02 Å². The Kier molecular flexibility index (Phi) is 6.21. The molecule has 2 atom stereocenters. The number of nitrogens with one attached hydrogen (secondary N) is 1. The number of ether oxygens (including phenoxy) is 1. The van der Waals surface area contributed by atoms with Crippen molar-refractivity contribution < 1.29 is 17.9 Å². The number of anilines is 1. The van der Waals surface area contributed by atoms with E-state index in [1.165, 1.54) is 17.4 Å². The van der Waals surface area contributed by atoms with Crippen LogP contribution >= 0.6 is 11.6 Å². The van der Waals surface area contributed by atoms with E-state index in [0.717, 1.165) is 6.26 Å². The van der Waals surface area contributed by atoms with E-state index in [2.05, 4.69) is 21.5 Å². The van der Waals surface area contributed by atoms with Gasteiger partial charge in [-0.3, -0.25) is 4.79 Å². The van der Waals surface area contributed by atoms with Crippen LogP contribution in [0.5, 0.6) is 0 Å². The number of hydrogen-bond acceptors (Lipinski definition) is 8. The maximum absolute atomic E-state index is 11.9. The molecule has 1 N–H and O–H groups in total. The molecule has 0 bridgehead atoms. The number of carbonyl (C=O) groups is 1. The third kappa shape index (κ3) is 4.35. The molecule has 3 rings (SSSR count). The molecule has 0 spiro atoms. The van der Waals surface area contributed by atoms with Gasteiger partial charge in [-0.05, 0) is 12.3 Å². The summed E-state index contributed by atoms with van der Waals surface area (Å²) in [6, 6.07) is 1.74. The lowest BCUT2D eigenvalue weighted by Gasteiger charge is -2.36. The van der Waals surface area contributed by atoms with Crippen LogP contribution < -0.4 is 5.32 Å². The molecule has 0 radical (unpaired) electrons. The van der Waals surface area contributed by atoms with Crippen LogP contribution in [0, 0.1) is 11.3 Å². The molecular weight excluding hydrogens is 432 g/mol. The minimum atomic E-state index is -3.41. The average Bonchev–Trinajstić information content (AvgIpc) is 2.93. The fourth-order valence-corrected chi connectivity index (χ4v) is 4.71. The number of fused-ring (bicyclic) bond motifs is 1. The van der Waals surface area contributed by atoms with E-state index in [1.807, 2.05) is 13.8 Å². The molecule has 2 aromatic heterocycles. The Morgan fingerprint density at radius 3 is 2.73 bits per heavy atom. The number of aromatic nitrogens is 3. The first-order valence-corrected chi connectivity index (χ1v) is 11.6. The number of piperidine rings is 1. The lowest BCUT2D eigenvalue weighted by Crippen LogP contribution is -2.53. The van der Waals surface area contributed by atoms with Crippen molar-refractivity contribution in [1.82, 2.24) is 18.9 Å². The van der Waals surface area contributed by atoms with E-state index in [9.17, 15) is 18.5 Å². The Balaban J connectivity index is 1.93. The number of esters is 1. The summed E-state index contributed by atoms with van der Waals surface area (Å²) in [6.07, 6.45) is 2.35. The fraction of sp³-hybridized carbons (Fsp3) is 0.556. The molecule has 2 aromatic rings. The molecule has 0 unspecified atom stereocenters. The zero-order valence-corrected chi connectivity index (χ0v) is 18.7. The van der Waals surface area contributed by atoms with Gasteiger partial charge < -0.3 is 10.1 Å². The molecule has 162 valence electrons. The van der Waals surface area contributed by atoms with Gasteiger partial charge in [0, 0.05) is 13.5 Å². The van der Waals surface area contributed by atoms with Crippen molar-refractivity contribution in [2.75, 3.05) is 24.7 Å². The molecule has 0 saturated carbocycles. The number of sulfonamides is 1. The van der Waals surface area contributed by atoms with Gasteiger partial charge in [0.2, 0.25) is 16.0 Å². The summed E-state index contributed by atoms with van der Waals surface area (Å²) < 4.78 is 32.0. The second-order valence-electron chi connectivity index (χ2n) is 7.53. The van der Waals surface area contributed by atoms with Crippen LogP contribution in [0.3, 0.4) is 0 Å². The zero-order chi connectivity index (χ0) is 22.2. The highest BCUT2D eigenvalue weighted by Gasteiger charge is 2.35. The van der Waals surface area contributed by atoms with Gasteiger partial charge in [0.15, 0.2) is 0 Å². The molecule has 1 saturated heterocycles. The van der Waals surface area contributed by atoms with E-state index in [0.29, 0.717) is 28.2 Å². The van der Waals surface area contributed by atoms with Crippen molar-refractivity contribution in [3.63, 3.8) is 0 Å². The Bertz CT molecular complexity index is 1120. The smallest absolute Gasteiger partial charge is 0.303 e. The van der Waals surface area contributed by atoms with Crippen LogP contribution in [0.25, 0.3) is 5.52 Å². The van der Waals surface area contributed by atoms with Crippen molar-refractivity contribution in [3.8, 4) is 6.07 Å². The van der Waals surface area contributed by atoms with E-state index in [-0.39, 0.29) is 31.0 Å². The predicted molar refractivity (Wildman–Crippen MR) is 111 cm³/mol. The Morgan fingerprint density at radius 2 is 2.17 bits per heavy atom. The summed E-state index contributed by atoms with van der Waals surface area (Å²) in [5.74, 6) is -0.249. The molecule has 1 fully saturated rings. The van der Waals surface area contributed by atoms with Crippen LogP contribution in [-0.4, -0.2) is 64.8 Å². The Morgan fingerprint density at radius 1 is 1.47 bits per heavy atom. The molecule has 0 aliphatic carbocycles. The van der Waals surface area contributed by atoms with Gasteiger partial charge in [-0.2, -0.15) is 9.57 Å². The van der Waals surface area contributed by atoms with Gasteiger partial charge >= 0.3 is 5.97 Å². The van der Waals surface area contributed by atoms with Gasteiger partial charge in [0.1, 0.15) is 17.7 Å². The van der Waals surface area contributed by atoms with Gasteiger partial charge in [0.05, 0.1) is 41.3 Å². The highest BCUT2D eigenvalue weighted by molar-refractivity contribution is 7.88. The molecule has 0 aromatic carbocycles. The van der Waals surface area contributed by atoms with E-state index < -0.39 is 22.1 Å². The standard InChI is InChI=1S/C18H23ClN6O4S/c1-10(2)17-12(7-20)16(19)14-8-21-18(23-25(14)17)22-13-5-6-24(30(4,27)28)9-15(13)29-11(3)26/h8,10,13,15H,5-6,9H2,1-4H3,(H,22,23)/t13-,15+/m1/s1. The quantitative estimate of drug-likeness (QED) is 0.676. The SMILES string of the molecule is CC(=O)O[C@H]1CN(S(C)(=O)=O)CC[C@H]1Nc1ncc2c(Cl)c(C#N)c(C(C)C)n2n1. The first kappa shape index (κ1) is 22.3. The van der Waals surface area contributed by atoms with Crippen molar-refractivity contribution in [2.45, 2.75) is 45.3 Å². The molecule has 1 aliphatic heterocycles. The molecule has 12 heteroatoms. The monoisotopic (exact) mass is 454 g/mol. The van der Waals surface area contributed by atoms with Crippen LogP contribution in [0.15, 0.2) is 6.20 Å². The Hall–Kier alpha value is -2.42. The van der Waals surface area contributed by atoms with E-state index in [4.69, 9.17) is 16.3 Å². The number of rotatable bonds is 5. The summed E-state index contributed by atoms with van der Waals surface area (Å²) >= 11 is 6.33. The van der Waals surface area contributed by atoms with Crippen molar-refractivity contribution in [2.24, 2.45) is 0 Å². The summed E-state index contributed by atoms with van der Waals surface area (Å²) in [6.45, 7) is 5.47. The van der Waals surface area contributed by atoms with Crippen LogP contribution in [0.1, 0.15) is 44.4 Å². The van der Waals surface area contributed by atoms with Crippen LogP contribution in [0.4, 0.5) is 5.95 Å². The van der Waals surface area contributed by atoms with Crippen molar-refractivity contribution >= 4 is 39.1 Å². The number of halogens is 1. The molecule has 3 heterocycles. The van der Waals surface area contributed by atoms with E-state index >= 15 is 0 Å². The topological polar surface area (TPSA) is 130 Å². The normalized spacial score (nSPS) is 20.3. The first-order chi connectivity index (χ1) is 14.0. The summed E-state index contributed by atoms with van der Waals surface area (Å²) in [4.78, 5) is 15.8. The van der Waals surface area contributed by atoms with Gasteiger partial charge in [-0.25, -0.2) is 17.9 Å². The minimum absolute atomic E-state index is 0.00538. The minimum Gasteiger partial charge on any atom is -0.459 e. The summed E-state index contributed by atoms with van der Waals surface area (Å²) in [5, 5.41) is 17.4. The molecule has 10 nitrogen and oxygen atoms in total. The first-order valence-electron chi connectivity index (χ1n) is 9.39. The predicted octanol–water partition coefficient (Wildman–Crippen LogP) is 1.76. The maximum atomic E-state index is 11.9. The highest BCUT2D eigenvalue weighted by Crippen LogP contribution is 2.32. The lowest BCUT2D eigenvalue weighted by molar-refractivity contribution is -0.148. The maximum Gasteiger partial charge on any atom is 0.303 e. The lowest BCUT2D eigenvalue weighted by atomic mass is 10.0. The molecule has 30 heavy (non-hydrogen) atoms. The Labute approximate surface area is 179 Å². The second kappa shape index (κ2) is 8.37. The van der Waals surface area contributed by atoms with E-state index in [1.54, 1.807) is 4.52 Å². The second-order valence-corrected chi connectivity index (χ2v) is 9.89. The van der Waals surface area contributed by atoms with Gasteiger partial charge in [-0.15, -0.1) is 5.10 Å². The zero-order valence-electron chi connectivity index (χ0n) is 17.1. The number of nitrogens with zero attached hydrogens (tertiary/aromatic N) is 5. The third-order valence-corrected chi connectivity index (χ3v) is 6.59. The third-order valence-electron chi connectivity index (χ3n) is 4.94. The molecule has 1 aliphatic rings. The number of hydrogen-bond donors (Lipinski definition) is 1. The average molecular weight is 455 g/mol. The van der Waals surface area contributed by atoms with Crippen molar-refractivity contribution in [1.29, 1.82) is 5.26 Å². The fourth-order valence-electron chi connectivity index (χ4n) is 3.59. The largest absolute Gasteiger partial charge is 0.459 e. The van der Waals surface area contributed by atoms with Crippen LogP contribution in [-0.2, 0) is 19.6 Å². The van der Waals surface area contributed by atoms with Gasteiger partial charge in [-0.1, -0.05) is 25.4 Å². The number of carbonyl (C=O) groups excluding carboxylic acids is 1. The highest BCUT2D eigenvalue weighted by atomic mass is 35.5. The molecule has 0 amide bonds. The summed E-state index contributed by atoms with van der Waals surface area (Å²) in [7, 11) is -3.41. The summed E-state index contributed by atoms with van der Waals surface area (Å²) in [5.41, 5.74) is 1.55.